The van der Waals surface area contributed by atoms with E-state index in [0.717, 1.165) is 34.5 Å². The average molecular weight is 439 g/mol. The predicted octanol–water partition coefficient (Wildman–Crippen LogP) is 4.83. The zero-order valence-corrected chi connectivity index (χ0v) is 18.3. The van der Waals surface area contributed by atoms with Gasteiger partial charge in [0.2, 0.25) is 0 Å². The van der Waals surface area contributed by atoms with Crippen molar-refractivity contribution in [2.75, 3.05) is 9.62 Å². The minimum Gasteiger partial charge on any atom is -0.322 e. The summed E-state index contributed by atoms with van der Waals surface area (Å²) in [5.74, 6) is -0.739. The van der Waals surface area contributed by atoms with E-state index in [0.29, 0.717) is 17.7 Å². The molecule has 3 aromatic carbocycles. The van der Waals surface area contributed by atoms with Gasteiger partial charge in [-0.15, -0.1) is 0 Å². The first-order chi connectivity index (χ1) is 14.7. The Kier molecular flexibility index (Phi) is 5.31. The molecule has 1 aliphatic heterocycles. The van der Waals surface area contributed by atoms with E-state index in [-0.39, 0.29) is 16.8 Å². The Bertz CT molecular complexity index is 1270. The number of rotatable bonds is 4. The van der Waals surface area contributed by atoms with Gasteiger partial charge < -0.3 is 5.32 Å². The lowest BCUT2D eigenvalue weighted by atomic mass is 10.1. The van der Waals surface area contributed by atoms with Gasteiger partial charge in [0.05, 0.1) is 10.6 Å². The molecule has 0 fully saturated rings. The first-order valence-electron chi connectivity index (χ1n) is 9.98. The van der Waals surface area contributed by atoms with E-state index < -0.39 is 15.8 Å². The van der Waals surface area contributed by atoms with Crippen LogP contribution in [0.2, 0.25) is 0 Å². The normalized spacial score (nSPS) is 15.6. The molecule has 7 heteroatoms. The van der Waals surface area contributed by atoms with Crippen LogP contribution >= 0.6 is 0 Å². The Hall–Kier alpha value is -3.19. The molecule has 0 saturated heterocycles. The minimum atomic E-state index is -3.84. The Morgan fingerprint density at radius 1 is 1.03 bits per heavy atom. The van der Waals surface area contributed by atoms with Crippen LogP contribution < -0.4 is 9.62 Å². The summed E-state index contributed by atoms with van der Waals surface area (Å²) in [6, 6.07) is 15.4. The van der Waals surface area contributed by atoms with Crippen molar-refractivity contribution >= 4 is 27.3 Å². The van der Waals surface area contributed by atoms with Gasteiger partial charge in [0.25, 0.3) is 15.9 Å². The summed E-state index contributed by atoms with van der Waals surface area (Å²) in [5, 5.41) is 2.94. The van der Waals surface area contributed by atoms with Gasteiger partial charge in [0.1, 0.15) is 5.82 Å². The number of amides is 1. The van der Waals surface area contributed by atoms with Gasteiger partial charge in [-0.1, -0.05) is 12.1 Å². The number of carbonyl (C=O) groups excluding carboxylic acids is 1. The minimum absolute atomic E-state index is 0.0327. The molecule has 1 amide bonds. The van der Waals surface area contributed by atoms with Crippen molar-refractivity contribution in [1.82, 2.24) is 0 Å². The van der Waals surface area contributed by atoms with Crippen molar-refractivity contribution in [2.24, 2.45) is 0 Å². The van der Waals surface area contributed by atoms with E-state index in [1.807, 2.05) is 39.0 Å². The van der Waals surface area contributed by atoms with E-state index in [1.165, 1.54) is 16.4 Å². The lowest BCUT2D eigenvalue weighted by Crippen LogP contribution is -2.35. The summed E-state index contributed by atoms with van der Waals surface area (Å²) in [4.78, 5) is 12.8. The van der Waals surface area contributed by atoms with E-state index in [1.54, 1.807) is 18.2 Å². The van der Waals surface area contributed by atoms with Crippen molar-refractivity contribution in [2.45, 2.75) is 38.1 Å². The summed E-state index contributed by atoms with van der Waals surface area (Å²) in [7, 11) is -3.84. The molecule has 0 aromatic heterocycles. The van der Waals surface area contributed by atoms with Crippen molar-refractivity contribution in [3.8, 4) is 0 Å². The molecule has 5 nitrogen and oxygen atoms in total. The number of hydrogen-bond donors (Lipinski definition) is 1. The molecule has 0 saturated carbocycles. The van der Waals surface area contributed by atoms with Crippen LogP contribution in [-0.4, -0.2) is 20.4 Å². The number of fused-ring (bicyclic) bond motifs is 1. The fourth-order valence-electron chi connectivity index (χ4n) is 3.90. The molecule has 1 atom stereocenters. The number of sulfonamides is 1. The maximum atomic E-state index is 13.2. The molecule has 0 bridgehead atoms. The highest BCUT2D eigenvalue weighted by atomic mass is 32.2. The molecular weight excluding hydrogens is 415 g/mol. The smallest absolute Gasteiger partial charge is 0.264 e. The number of hydrogen-bond acceptors (Lipinski definition) is 3. The van der Waals surface area contributed by atoms with E-state index in [4.69, 9.17) is 0 Å². The van der Waals surface area contributed by atoms with Crippen molar-refractivity contribution in [3.63, 3.8) is 0 Å². The topological polar surface area (TPSA) is 66.5 Å². The molecule has 1 aliphatic rings. The van der Waals surface area contributed by atoms with Crippen molar-refractivity contribution in [3.05, 3.63) is 88.7 Å². The number of aryl methyl sites for hydroxylation is 2. The van der Waals surface area contributed by atoms with Crippen LogP contribution in [0.4, 0.5) is 15.8 Å². The maximum absolute atomic E-state index is 13.2. The summed E-state index contributed by atoms with van der Waals surface area (Å²) in [6.07, 6.45) is 0.486. The summed E-state index contributed by atoms with van der Waals surface area (Å²) < 4.78 is 40.9. The highest BCUT2D eigenvalue weighted by Crippen LogP contribution is 2.37. The third-order valence-corrected chi connectivity index (χ3v) is 7.45. The fourth-order valence-corrected chi connectivity index (χ4v) is 5.59. The van der Waals surface area contributed by atoms with Gasteiger partial charge in [0, 0.05) is 17.3 Å². The van der Waals surface area contributed by atoms with E-state index >= 15 is 0 Å². The molecule has 1 N–H and O–H groups in total. The standard InChI is InChI=1S/C24H23FN2O3S/c1-15-4-5-16(2)22(12-15)26-24(28)18-6-11-23-19(14-18)13-17(3)27(23)31(29,30)21-9-7-20(25)8-10-21/h4-12,14,17H,13H2,1-3H3,(H,26,28)/t17-/m1/s1. The maximum Gasteiger partial charge on any atom is 0.264 e. The first kappa shape index (κ1) is 21.1. The van der Waals surface area contributed by atoms with Crippen LogP contribution in [0.3, 0.4) is 0 Å². The molecule has 3 aromatic rings. The monoisotopic (exact) mass is 438 g/mol. The quantitative estimate of drug-likeness (QED) is 0.634. The van der Waals surface area contributed by atoms with Crippen LogP contribution in [0.1, 0.15) is 34.0 Å². The van der Waals surface area contributed by atoms with E-state index in [9.17, 15) is 17.6 Å². The van der Waals surface area contributed by atoms with Gasteiger partial charge in [0.15, 0.2) is 0 Å². The first-order valence-corrected chi connectivity index (χ1v) is 11.4. The number of anilines is 2. The van der Waals surface area contributed by atoms with Gasteiger partial charge in [-0.3, -0.25) is 9.10 Å². The third kappa shape index (κ3) is 3.93. The van der Waals surface area contributed by atoms with Crippen LogP contribution in [0.25, 0.3) is 0 Å². The Labute approximate surface area is 181 Å². The van der Waals surface area contributed by atoms with Gasteiger partial charge in [-0.05, 0) is 92.4 Å². The Morgan fingerprint density at radius 3 is 2.45 bits per heavy atom. The second kappa shape index (κ2) is 7.81. The van der Waals surface area contributed by atoms with Crippen molar-refractivity contribution < 1.29 is 17.6 Å². The highest BCUT2D eigenvalue weighted by Gasteiger charge is 2.36. The van der Waals surface area contributed by atoms with Crippen LogP contribution in [-0.2, 0) is 16.4 Å². The van der Waals surface area contributed by atoms with Crippen LogP contribution in [0, 0.1) is 19.7 Å². The lowest BCUT2D eigenvalue weighted by Gasteiger charge is -2.24. The van der Waals surface area contributed by atoms with Gasteiger partial charge >= 0.3 is 0 Å². The number of nitrogens with one attached hydrogen (secondary N) is 1. The van der Waals surface area contributed by atoms with Crippen molar-refractivity contribution in [1.29, 1.82) is 0 Å². The van der Waals surface area contributed by atoms with Crippen LogP contribution in [0.15, 0.2) is 65.6 Å². The SMILES string of the molecule is Cc1ccc(C)c(NC(=O)c2ccc3c(c2)C[C@@H](C)N3S(=O)(=O)c2ccc(F)cc2)c1. The molecule has 160 valence electrons. The van der Waals surface area contributed by atoms with Gasteiger partial charge in [-0.25, -0.2) is 12.8 Å². The Morgan fingerprint density at radius 2 is 1.74 bits per heavy atom. The third-order valence-electron chi connectivity index (χ3n) is 5.51. The van der Waals surface area contributed by atoms with Crippen LogP contribution in [0.5, 0.6) is 0 Å². The summed E-state index contributed by atoms with van der Waals surface area (Å²) >= 11 is 0. The van der Waals surface area contributed by atoms with Gasteiger partial charge in [-0.2, -0.15) is 0 Å². The molecule has 0 aliphatic carbocycles. The lowest BCUT2D eigenvalue weighted by molar-refractivity contribution is 0.102. The number of nitrogens with zero attached hydrogens (tertiary/aromatic N) is 1. The number of halogens is 1. The fraction of sp³-hybridized carbons (Fsp3) is 0.208. The molecule has 0 radical (unpaired) electrons. The number of benzene rings is 3. The molecule has 0 spiro atoms. The molecule has 1 heterocycles. The molecular formula is C24H23FN2O3S. The molecule has 31 heavy (non-hydrogen) atoms. The Balaban J connectivity index is 1.64. The highest BCUT2D eigenvalue weighted by molar-refractivity contribution is 7.92. The zero-order chi connectivity index (χ0) is 22.3. The molecule has 4 rings (SSSR count). The summed E-state index contributed by atoms with van der Waals surface area (Å²) in [6.45, 7) is 5.70. The zero-order valence-electron chi connectivity index (χ0n) is 17.5. The second-order valence-electron chi connectivity index (χ2n) is 7.92. The summed E-state index contributed by atoms with van der Waals surface area (Å²) in [5.41, 5.74) is 4.55. The largest absolute Gasteiger partial charge is 0.322 e. The second-order valence-corrected chi connectivity index (χ2v) is 9.74. The average Bonchev–Trinajstić information content (AvgIpc) is 3.06. The predicted molar refractivity (Wildman–Crippen MR) is 120 cm³/mol. The van der Waals surface area contributed by atoms with E-state index in [2.05, 4.69) is 5.32 Å². The number of carbonyl (C=O) groups is 1. The molecule has 0 unspecified atom stereocenters.